The van der Waals surface area contributed by atoms with Crippen molar-refractivity contribution in [2.24, 2.45) is 11.8 Å². The number of aliphatic carboxylic acids is 1. The first-order chi connectivity index (χ1) is 12.0. The Morgan fingerprint density at radius 1 is 1.36 bits per heavy atom. The smallest absolute Gasteiger partial charge is 0.308 e. The standard InChI is InChI=1S/C19H25NO5/c1-13-8-15(19(22)23)11-20(10-13)18(21)14-4-2-5-16(9-14)25-12-17-6-3-7-24-17/h2,4-5,9,13,15,17H,3,6-8,10-12H2,1H3,(H,22,23). The van der Waals surface area contributed by atoms with Crippen LogP contribution < -0.4 is 4.74 Å². The van der Waals surface area contributed by atoms with E-state index >= 15 is 0 Å². The highest BCUT2D eigenvalue weighted by Crippen LogP contribution is 2.24. The zero-order valence-corrected chi connectivity index (χ0v) is 14.5. The van der Waals surface area contributed by atoms with Crippen LogP contribution >= 0.6 is 0 Å². The molecule has 3 rings (SSSR count). The summed E-state index contributed by atoms with van der Waals surface area (Å²) in [6, 6.07) is 7.09. The average molecular weight is 347 g/mol. The Bertz CT molecular complexity index is 626. The molecule has 1 aromatic rings. The number of likely N-dealkylation sites (tertiary alicyclic amines) is 1. The van der Waals surface area contributed by atoms with Crippen LogP contribution in [0.15, 0.2) is 24.3 Å². The molecule has 3 unspecified atom stereocenters. The van der Waals surface area contributed by atoms with E-state index in [1.54, 1.807) is 23.1 Å². The van der Waals surface area contributed by atoms with Crippen molar-refractivity contribution in [3.05, 3.63) is 29.8 Å². The molecule has 6 heteroatoms. The maximum absolute atomic E-state index is 12.8. The first kappa shape index (κ1) is 17.7. The third kappa shape index (κ3) is 4.51. The number of carboxylic acid groups (broad SMARTS) is 1. The van der Waals surface area contributed by atoms with Gasteiger partial charge in [0.25, 0.3) is 5.91 Å². The second-order valence-electron chi connectivity index (χ2n) is 7.06. The summed E-state index contributed by atoms with van der Waals surface area (Å²) < 4.78 is 11.3. The monoisotopic (exact) mass is 347 g/mol. The van der Waals surface area contributed by atoms with Crippen molar-refractivity contribution in [1.29, 1.82) is 0 Å². The van der Waals surface area contributed by atoms with Crippen LogP contribution in [0.3, 0.4) is 0 Å². The second-order valence-corrected chi connectivity index (χ2v) is 7.06. The van der Waals surface area contributed by atoms with Crippen molar-refractivity contribution >= 4 is 11.9 Å². The van der Waals surface area contributed by atoms with Crippen molar-refractivity contribution in [3.8, 4) is 5.75 Å². The van der Waals surface area contributed by atoms with Crippen LogP contribution in [-0.2, 0) is 9.53 Å². The summed E-state index contributed by atoms with van der Waals surface area (Å²) in [6.07, 6.45) is 2.80. The fourth-order valence-corrected chi connectivity index (χ4v) is 3.56. The van der Waals surface area contributed by atoms with Gasteiger partial charge in [-0.05, 0) is 43.4 Å². The molecule has 0 aromatic heterocycles. The lowest BCUT2D eigenvalue weighted by Gasteiger charge is -2.34. The minimum atomic E-state index is -0.835. The topological polar surface area (TPSA) is 76.1 Å². The van der Waals surface area contributed by atoms with E-state index in [0.29, 0.717) is 30.9 Å². The summed E-state index contributed by atoms with van der Waals surface area (Å²) in [5, 5.41) is 9.27. The summed E-state index contributed by atoms with van der Waals surface area (Å²) in [4.78, 5) is 25.7. The Hall–Kier alpha value is -2.08. The molecule has 136 valence electrons. The fourth-order valence-electron chi connectivity index (χ4n) is 3.56. The summed E-state index contributed by atoms with van der Waals surface area (Å²) >= 11 is 0. The first-order valence-corrected chi connectivity index (χ1v) is 8.89. The molecule has 2 aliphatic rings. The molecule has 1 amide bonds. The van der Waals surface area contributed by atoms with E-state index in [0.717, 1.165) is 19.4 Å². The fraction of sp³-hybridized carbons (Fsp3) is 0.579. The average Bonchev–Trinajstić information content (AvgIpc) is 3.12. The van der Waals surface area contributed by atoms with Gasteiger partial charge in [-0.2, -0.15) is 0 Å². The molecular formula is C19H25NO5. The van der Waals surface area contributed by atoms with E-state index < -0.39 is 11.9 Å². The summed E-state index contributed by atoms with van der Waals surface area (Å²) in [6.45, 7) is 4.10. The Balaban J connectivity index is 1.64. The van der Waals surface area contributed by atoms with Crippen LogP contribution in [0.4, 0.5) is 0 Å². The Morgan fingerprint density at radius 2 is 2.20 bits per heavy atom. The van der Waals surface area contributed by atoms with Gasteiger partial charge in [-0.15, -0.1) is 0 Å². The molecule has 0 bridgehead atoms. The summed E-state index contributed by atoms with van der Waals surface area (Å²) in [7, 11) is 0. The normalized spacial score (nSPS) is 26.4. The van der Waals surface area contributed by atoms with Gasteiger partial charge in [0.1, 0.15) is 12.4 Å². The van der Waals surface area contributed by atoms with E-state index in [-0.39, 0.29) is 24.5 Å². The molecule has 1 aromatic carbocycles. The molecule has 6 nitrogen and oxygen atoms in total. The second kappa shape index (κ2) is 7.87. The molecule has 2 heterocycles. The highest BCUT2D eigenvalue weighted by atomic mass is 16.5. The number of nitrogens with zero attached hydrogens (tertiary/aromatic N) is 1. The maximum Gasteiger partial charge on any atom is 0.308 e. The molecule has 2 saturated heterocycles. The van der Waals surface area contributed by atoms with Crippen molar-refractivity contribution in [3.63, 3.8) is 0 Å². The number of carboxylic acids is 1. The minimum absolute atomic E-state index is 0.124. The van der Waals surface area contributed by atoms with Gasteiger partial charge in [0.15, 0.2) is 0 Å². The lowest BCUT2D eigenvalue weighted by molar-refractivity contribution is -0.143. The van der Waals surface area contributed by atoms with Crippen molar-refractivity contribution in [1.82, 2.24) is 4.90 Å². The Kier molecular flexibility index (Phi) is 5.58. The summed E-state index contributed by atoms with van der Waals surface area (Å²) in [5.41, 5.74) is 0.531. The van der Waals surface area contributed by atoms with E-state index in [1.165, 1.54) is 0 Å². The van der Waals surface area contributed by atoms with Gasteiger partial charge in [0.2, 0.25) is 0 Å². The summed E-state index contributed by atoms with van der Waals surface area (Å²) in [5.74, 6) is -0.649. The Labute approximate surface area is 147 Å². The quantitative estimate of drug-likeness (QED) is 0.885. The van der Waals surface area contributed by atoms with E-state index in [4.69, 9.17) is 9.47 Å². The highest BCUT2D eigenvalue weighted by Gasteiger charge is 2.32. The molecule has 3 atom stereocenters. The molecule has 25 heavy (non-hydrogen) atoms. The first-order valence-electron chi connectivity index (χ1n) is 8.89. The number of amides is 1. The minimum Gasteiger partial charge on any atom is -0.491 e. The lowest BCUT2D eigenvalue weighted by atomic mass is 9.90. The van der Waals surface area contributed by atoms with Crippen LogP contribution in [-0.4, -0.2) is 54.3 Å². The van der Waals surface area contributed by atoms with Crippen molar-refractivity contribution in [2.75, 3.05) is 26.3 Å². The predicted octanol–water partition coefficient (Wildman–Crippen LogP) is 2.43. The van der Waals surface area contributed by atoms with E-state index in [9.17, 15) is 14.7 Å². The number of carbonyl (C=O) groups is 2. The number of benzene rings is 1. The van der Waals surface area contributed by atoms with Crippen molar-refractivity contribution in [2.45, 2.75) is 32.3 Å². The Morgan fingerprint density at radius 3 is 2.92 bits per heavy atom. The molecule has 0 radical (unpaired) electrons. The number of hydrogen-bond donors (Lipinski definition) is 1. The zero-order valence-electron chi connectivity index (χ0n) is 14.5. The van der Waals surface area contributed by atoms with Crippen LogP contribution in [0.2, 0.25) is 0 Å². The zero-order chi connectivity index (χ0) is 17.8. The van der Waals surface area contributed by atoms with Crippen LogP contribution in [0.5, 0.6) is 5.75 Å². The number of hydrogen-bond acceptors (Lipinski definition) is 4. The third-order valence-corrected chi connectivity index (χ3v) is 4.84. The van der Waals surface area contributed by atoms with E-state index in [2.05, 4.69) is 0 Å². The van der Waals surface area contributed by atoms with Gasteiger partial charge in [-0.3, -0.25) is 9.59 Å². The van der Waals surface area contributed by atoms with Crippen LogP contribution in [0, 0.1) is 11.8 Å². The molecule has 2 aliphatic heterocycles. The molecular weight excluding hydrogens is 322 g/mol. The number of piperidine rings is 1. The molecule has 0 aliphatic carbocycles. The van der Waals surface area contributed by atoms with Gasteiger partial charge in [-0.1, -0.05) is 13.0 Å². The van der Waals surface area contributed by atoms with Gasteiger partial charge >= 0.3 is 5.97 Å². The molecule has 2 fully saturated rings. The third-order valence-electron chi connectivity index (χ3n) is 4.84. The molecule has 1 N–H and O–H groups in total. The van der Waals surface area contributed by atoms with Crippen LogP contribution in [0.25, 0.3) is 0 Å². The van der Waals surface area contributed by atoms with Crippen LogP contribution in [0.1, 0.15) is 36.5 Å². The largest absolute Gasteiger partial charge is 0.491 e. The van der Waals surface area contributed by atoms with Gasteiger partial charge in [0, 0.05) is 25.3 Å². The van der Waals surface area contributed by atoms with Crippen molar-refractivity contribution < 1.29 is 24.2 Å². The maximum atomic E-state index is 12.8. The number of rotatable bonds is 5. The molecule has 0 spiro atoms. The van der Waals surface area contributed by atoms with E-state index in [1.807, 2.05) is 13.0 Å². The van der Waals surface area contributed by atoms with Gasteiger partial charge in [0.05, 0.1) is 12.0 Å². The predicted molar refractivity (Wildman–Crippen MR) is 91.7 cm³/mol. The number of carbonyl (C=O) groups excluding carboxylic acids is 1. The van der Waals surface area contributed by atoms with Gasteiger partial charge in [-0.25, -0.2) is 0 Å². The lowest BCUT2D eigenvalue weighted by Crippen LogP contribution is -2.45. The number of ether oxygens (including phenoxy) is 2. The van der Waals surface area contributed by atoms with Gasteiger partial charge < -0.3 is 19.5 Å². The highest BCUT2D eigenvalue weighted by molar-refractivity contribution is 5.95. The SMILES string of the molecule is CC1CC(C(=O)O)CN(C(=O)c2cccc(OCC3CCCO3)c2)C1. The molecule has 0 saturated carbocycles.